The van der Waals surface area contributed by atoms with Crippen LogP contribution in [0.2, 0.25) is 5.02 Å². The summed E-state index contributed by atoms with van der Waals surface area (Å²) < 4.78 is 43.4. The van der Waals surface area contributed by atoms with E-state index in [1.807, 2.05) is 29.1 Å². The fourth-order valence-electron chi connectivity index (χ4n) is 2.80. The Bertz CT molecular complexity index is 1330. The van der Waals surface area contributed by atoms with Crippen LogP contribution in [0.25, 0.3) is 21.9 Å². The zero-order chi connectivity index (χ0) is 19.9. The minimum Gasteiger partial charge on any atom is -0.456 e. The molecule has 0 atom stereocenters. The van der Waals surface area contributed by atoms with Crippen LogP contribution < -0.4 is 10.3 Å². The molecular weight excluding hydrogens is 407 g/mol. The SMILES string of the molecule is O=C(NNS(=O)(=O)c1ccc(F)cc1Cl)c1ccc2oc3ccccc3c2c1. The predicted molar refractivity (Wildman–Crippen MR) is 103 cm³/mol. The lowest BCUT2D eigenvalue weighted by molar-refractivity contribution is 0.0945. The second-order valence-electron chi connectivity index (χ2n) is 5.94. The number of carbonyl (C=O) groups excluding carboxylic acids is 1. The number of hydrogen-bond donors (Lipinski definition) is 2. The highest BCUT2D eigenvalue weighted by atomic mass is 35.5. The zero-order valence-corrected chi connectivity index (χ0v) is 15.6. The highest BCUT2D eigenvalue weighted by Gasteiger charge is 2.20. The Labute approximate surface area is 163 Å². The van der Waals surface area contributed by atoms with Crippen molar-refractivity contribution in [1.82, 2.24) is 10.3 Å². The van der Waals surface area contributed by atoms with E-state index in [9.17, 15) is 17.6 Å². The number of amides is 1. The summed E-state index contributed by atoms with van der Waals surface area (Å²) in [6.07, 6.45) is 0. The lowest BCUT2D eigenvalue weighted by Gasteiger charge is -2.10. The Balaban J connectivity index is 1.59. The van der Waals surface area contributed by atoms with Crippen molar-refractivity contribution in [2.24, 2.45) is 0 Å². The quantitative estimate of drug-likeness (QED) is 0.490. The first-order chi connectivity index (χ1) is 13.3. The zero-order valence-electron chi connectivity index (χ0n) is 14.1. The van der Waals surface area contributed by atoms with Gasteiger partial charge >= 0.3 is 0 Å². The maximum Gasteiger partial charge on any atom is 0.266 e. The summed E-state index contributed by atoms with van der Waals surface area (Å²) in [5.74, 6) is -1.34. The molecule has 1 heterocycles. The number of hydrazine groups is 1. The topological polar surface area (TPSA) is 88.4 Å². The van der Waals surface area contributed by atoms with Crippen molar-refractivity contribution < 1.29 is 22.0 Å². The minimum absolute atomic E-state index is 0.229. The van der Waals surface area contributed by atoms with E-state index in [0.29, 0.717) is 11.2 Å². The van der Waals surface area contributed by atoms with Crippen molar-refractivity contribution in [2.75, 3.05) is 0 Å². The molecule has 4 rings (SSSR count). The molecule has 142 valence electrons. The Morgan fingerprint density at radius 3 is 2.50 bits per heavy atom. The van der Waals surface area contributed by atoms with Gasteiger partial charge in [-0.2, -0.15) is 0 Å². The summed E-state index contributed by atoms with van der Waals surface area (Å²) >= 11 is 5.77. The summed E-state index contributed by atoms with van der Waals surface area (Å²) in [4.78, 5) is 14.0. The van der Waals surface area contributed by atoms with Crippen LogP contribution in [0.15, 0.2) is 70.0 Å². The Morgan fingerprint density at radius 2 is 1.71 bits per heavy atom. The number of carbonyl (C=O) groups is 1. The minimum atomic E-state index is -4.18. The molecule has 0 spiro atoms. The van der Waals surface area contributed by atoms with Gasteiger partial charge in [-0.3, -0.25) is 10.2 Å². The Morgan fingerprint density at radius 1 is 0.964 bits per heavy atom. The van der Waals surface area contributed by atoms with E-state index in [-0.39, 0.29) is 15.5 Å². The van der Waals surface area contributed by atoms with E-state index >= 15 is 0 Å². The number of fused-ring (bicyclic) bond motifs is 3. The van der Waals surface area contributed by atoms with E-state index in [2.05, 4.69) is 5.43 Å². The third-order valence-corrected chi connectivity index (χ3v) is 5.85. The van der Waals surface area contributed by atoms with Gasteiger partial charge in [-0.25, -0.2) is 12.8 Å². The molecule has 6 nitrogen and oxygen atoms in total. The van der Waals surface area contributed by atoms with Crippen molar-refractivity contribution in [3.8, 4) is 0 Å². The van der Waals surface area contributed by atoms with Crippen LogP contribution in [-0.4, -0.2) is 14.3 Å². The molecule has 0 aliphatic heterocycles. The fraction of sp³-hybridized carbons (Fsp3) is 0. The highest BCUT2D eigenvalue weighted by molar-refractivity contribution is 7.89. The van der Waals surface area contributed by atoms with Crippen LogP contribution in [0.3, 0.4) is 0 Å². The number of furan rings is 1. The number of halogens is 2. The molecule has 1 amide bonds. The molecule has 28 heavy (non-hydrogen) atoms. The van der Waals surface area contributed by atoms with Crippen LogP contribution in [0.4, 0.5) is 4.39 Å². The average Bonchev–Trinajstić information content (AvgIpc) is 3.03. The van der Waals surface area contributed by atoms with E-state index in [1.165, 1.54) is 6.07 Å². The summed E-state index contributed by atoms with van der Waals surface area (Å²) in [7, 11) is -4.18. The number of benzene rings is 3. The summed E-state index contributed by atoms with van der Waals surface area (Å²) in [6, 6.07) is 15.0. The number of para-hydroxylation sites is 1. The van der Waals surface area contributed by atoms with E-state index in [4.69, 9.17) is 16.0 Å². The molecular formula is C19H12ClFN2O4S. The van der Waals surface area contributed by atoms with Crippen LogP contribution in [0.1, 0.15) is 10.4 Å². The van der Waals surface area contributed by atoms with Crippen LogP contribution in [0.5, 0.6) is 0 Å². The molecule has 2 N–H and O–H groups in total. The van der Waals surface area contributed by atoms with E-state index in [0.717, 1.165) is 29.0 Å². The van der Waals surface area contributed by atoms with Gasteiger partial charge < -0.3 is 4.42 Å². The van der Waals surface area contributed by atoms with Crippen molar-refractivity contribution >= 4 is 49.5 Å². The molecule has 0 bridgehead atoms. The summed E-state index contributed by atoms with van der Waals surface area (Å²) in [5.41, 5.74) is 3.64. The molecule has 0 radical (unpaired) electrons. The van der Waals surface area contributed by atoms with Gasteiger partial charge in [0.05, 0.1) is 5.02 Å². The van der Waals surface area contributed by atoms with Crippen LogP contribution in [0, 0.1) is 5.82 Å². The van der Waals surface area contributed by atoms with Gasteiger partial charge in [0.15, 0.2) is 0 Å². The van der Waals surface area contributed by atoms with Gasteiger partial charge in [0.25, 0.3) is 15.9 Å². The van der Waals surface area contributed by atoms with Gasteiger partial charge in [0.2, 0.25) is 0 Å². The molecule has 1 aromatic heterocycles. The summed E-state index contributed by atoms with van der Waals surface area (Å²) in [6.45, 7) is 0. The Hall–Kier alpha value is -2.94. The van der Waals surface area contributed by atoms with E-state index < -0.39 is 21.7 Å². The molecule has 0 aliphatic carbocycles. The van der Waals surface area contributed by atoms with Gasteiger partial charge in [0.1, 0.15) is 21.9 Å². The molecule has 0 saturated carbocycles. The van der Waals surface area contributed by atoms with Crippen molar-refractivity contribution in [3.05, 3.63) is 77.1 Å². The molecule has 0 fully saturated rings. The third kappa shape index (κ3) is 3.33. The number of nitrogens with one attached hydrogen (secondary N) is 2. The lowest BCUT2D eigenvalue weighted by Crippen LogP contribution is -2.41. The molecule has 0 aliphatic rings. The second-order valence-corrected chi connectivity index (χ2v) is 8.00. The smallest absolute Gasteiger partial charge is 0.266 e. The lowest BCUT2D eigenvalue weighted by atomic mass is 10.1. The monoisotopic (exact) mass is 418 g/mol. The van der Waals surface area contributed by atoms with Gasteiger partial charge in [-0.1, -0.05) is 29.8 Å². The van der Waals surface area contributed by atoms with Gasteiger partial charge in [0, 0.05) is 16.3 Å². The second kappa shape index (κ2) is 6.90. The number of hydrogen-bond acceptors (Lipinski definition) is 4. The maximum atomic E-state index is 13.1. The summed E-state index contributed by atoms with van der Waals surface area (Å²) in [5, 5.41) is 1.27. The van der Waals surface area contributed by atoms with Crippen LogP contribution >= 0.6 is 11.6 Å². The number of rotatable bonds is 4. The predicted octanol–water partition coefficient (Wildman–Crippen LogP) is 4.00. The van der Waals surface area contributed by atoms with Crippen molar-refractivity contribution in [2.45, 2.75) is 4.90 Å². The highest BCUT2D eigenvalue weighted by Crippen LogP contribution is 2.29. The molecule has 0 saturated heterocycles. The first kappa shape index (κ1) is 18.4. The Kier molecular flexibility index (Phi) is 4.54. The normalized spacial score (nSPS) is 11.8. The molecule has 4 aromatic rings. The molecule has 9 heteroatoms. The fourth-order valence-corrected chi connectivity index (χ4v) is 4.17. The first-order valence-electron chi connectivity index (χ1n) is 8.04. The maximum absolute atomic E-state index is 13.1. The van der Waals surface area contributed by atoms with Crippen molar-refractivity contribution in [3.63, 3.8) is 0 Å². The first-order valence-corrected chi connectivity index (χ1v) is 9.90. The molecule has 0 unspecified atom stereocenters. The number of sulfonamides is 1. The van der Waals surface area contributed by atoms with Gasteiger partial charge in [-0.05, 0) is 42.5 Å². The molecule has 3 aromatic carbocycles. The van der Waals surface area contributed by atoms with Crippen molar-refractivity contribution in [1.29, 1.82) is 0 Å². The van der Waals surface area contributed by atoms with E-state index in [1.54, 1.807) is 12.1 Å². The third-order valence-electron chi connectivity index (χ3n) is 4.12. The largest absolute Gasteiger partial charge is 0.456 e. The van der Waals surface area contributed by atoms with Gasteiger partial charge in [-0.15, -0.1) is 4.83 Å². The average molecular weight is 419 g/mol. The standard InChI is InChI=1S/C19H12ClFN2O4S/c20-15-10-12(21)6-8-18(15)28(25,26)23-22-19(24)11-5-7-17-14(9-11)13-3-1-2-4-16(13)27-17/h1-10,23H,(H,22,24). The van der Waals surface area contributed by atoms with Crippen LogP contribution in [-0.2, 0) is 10.0 Å².